The van der Waals surface area contributed by atoms with E-state index in [-0.39, 0.29) is 12.2 Å². The summed E-state index contributed by atoms with van der Waals surface area (Å²) < 4.78 is 0. The average molecular weight is 182 g/mol. The Balaban J connectivity index is 2.73. The topological polar surface area (TPSA) is 30.0 Å². The maximum absolute atomic E-state index is 11.3. The van der Waals surface area contributed by atoms with Crippen molar-refractivity contribution in [2.24, 2.45) is 0 Å². The standard InChI is InChI=1S/C9H8ClNO/c1-7(10)5-9(12)8-3-2-4-11-6-8/h2-4,6H,1,5H2. The van der Waals surface area contributed by atoms with Crippen molar-refractivity contribution >= 4 is 17.4 Å². The van der Waals surface area contributed by atoms with Gasteiger partial charge in [0.2, 0.25) is 0 Å². The van der Waals surface area contributed by atoms with E-state index in [4.69, 9.17) is 11.6 Å². The van der Waals surface area contributed by atoms with Crippen molar-refractivity contribution in [1.82, 2.24) is 4.98 Å². The summed E-state index contributed by atoms with van der Waals surface area (Å²) >= 11 is 5.49. The molecule has 0 atom stereocenters. The molecule has 0 aliphatic carbocycles. The summed E-state index contributed by atoms with van der Waals surface area (Å²) in [5.41, 5.74) is 0.569. The Morgan fingerprint density at radius 2 is 2.42 bits per heavy atom. The van der Waals surface area contributed by atoms with E-state index in [1.54, 1.807) is 18.3 Å². The lowest BCUT2D eigenvalue weighted by Crippen LogP contribution is -1.98. The molecular formula is C9H8ClNO. The number of hydrogen-bond acceptors (Lipinski definition) is 2. The SMILES string of the molecule is C=C(Cl)CC(=O)c1cccnc1. The monoisotopic (exact) mass is 181 g/mol. The molecule has 62 valence electrons. The predicted molar refractivity (Wildman–Crippen MR) is 48.2 cm³/mol. The molecule has 0 saturated heterocycles. The number of Topliss-reactive ketones (excluding diaryl/α,β-unsaturated/α-hetero) is 1. The first-order valence-electron chi connectivity index (χ1n) is 3.46. The van der Waals surface area contributed by atoms with Gasteiger partial charge in [0, 0.05) is 29.4 Å². The molecule has 0 spiro atoms. The van der Waals surface area contributed by atoms with Crippen LogP contribution in [0.2, 0.25) is 0 Å². The van der Waals surface area contributed by atoms with Crippen molar-refractivity contribution in [3.05, 3.63) is 41.7 Å². The van der Waals surface area contributed by atoms with Crippen LogP contribution in [0, 0.1) is 0 Å². The molecule has 1 aromatic heterocycles. The summed E-state index contributed by atoms with van der Waals surface area (Å²) in [6.07, 6.45) is 3.31. The molecule has 0 aliphatic rings. The Kier molecular flexibility index (Phi) is 3.00. The van der Waals surface area contributed by atoms with E-state index in [1.165, 1.54) is 6.20 Å². The van der Waals surface area contributed by atoms with Gasteiger partial charge >= 0.3 is 0 Å². The zero-order valence-electron chi connectivity index (χ0n) is 6.46. The van der Waals surface area contributed by atoms with Gasteiger partial charge in [-0.1, -0.05) is 18.2 Å². The lowest BCUT2D eigenvalue weighted by Gasteiger charge is -1.96. The number of carbonyl (C=O) groups is 1. The summed E-state index contributed by atoms with van der Waals surface area (Å²) in [5.74, 6) is -0.0527. The third-order valence-electron chi connectivity index (χ3n) is 1.34. The summed E-state index contributed by atoms with van der Waals surface area (Å²) in [7, 11) is 0. The smallest absolute Gasteiger partial charge is 0.169 e. The van der Waals surface area contributed by atoms with Crippen molar-refractivity contribution in [2.45, 2.75) is 6.42 Å². The van der Waals surface area contributed by atoms with E-state index >= 15 is 0 Å². The van der Waals surface area contributed by atoms with Gasteiger partial charge in [0.15, 0.2) is 5.78 Å². The van der Waals surface area contributed by atoms with Crippen molar-refractivity contribution in [3.8, 4) is 0 Å². The van der Waals surface area contributed by atoms with Crippen molar-refractivity contribution in [3.63, 3.8) is 0 Å². The zero-order valence-corrected chi connectivity index (χ0v) is 7.21. The van der Waals surface area contributed by atoms with Crippen LogP contribution in [0.25, 0.3) is 0 Å². The van der Waals surface area contributed by atoms with Crippen LogP contribution in [0.4, 0.5) is 0 Å². The molecule has 1 heterocycles. The molecular weight excluding hydrogens is 174 g/mol. The van der Waals surface area contributed by atoms with E-state index in [2.05, 4.69) is 11.6 Å². The molecule has 0 aliphatic heterocycles. The zero-order chi connectivity index (χ0) is 8.97. The van der Waals surface area contributed by atoms with Gasteiger partial charge < -0.3 is 0 Å². The van der Waals surface area contributed by atoms with Gasteiger partial charge in [-0.2, -0.15) is 0 Å². The minimum atomic E-state index is -0.0527. The summed E-state index contributed by atoms with van der Waals surface area (Å²) in [4.78, 5) is 15.1. The highest BCUT2D eigenvalue weighted by Gasteiger charge is 2.05. The summed E-state index contributed by atoms with van der Waals surface area (Å²) in [6, 6.07) is 3.42. The van der Waals surface area contributed by atoms with Gasteiger partial charge in [-0.15, -0.1) is 0 Å². The summed E-state index contributed by atoms with van der Waals surface area (Å²) in [6.45, 7) is 3.44. The first-order valence-corrected chi connectivity index (χ1v) is 3.84. The van der Waals surface area contributed by atoms with Crippen LogP contribution in [0.15, 0.2) is 36.1 Å². The number of allylic oxidation sites excluding steroid dienone is 1. The number of hydrogen-bond donors (Lipinski definition) is 0. The second kappa shape index (κ2) is 4.02. The van der Waals surface area contributed by atoms with Crippen molar-refractivity contribution in [1.29, 1.82) is 0 Å². The molecule has 0 aromatic carbocycles. The molecule has 0 saturated carbocycles. The molecule has 1 rings (SSSR count). The van der Waals surface area contributed by atoms with Crippen LogP contribution in [0.1, 0.15) is 16.8 Å². The largest absolute Gasteiger partial charge is 0.294 e. The number of nitrogens with zero attached hydrogens (tertiary/aromatic N) is 1. The Hall–Kier alpha value is -1.15. The fraction of sp³-hybridized carbons (Fsp3) is 0.111. The Morgan fingerprint density at radius 1 is 1.67 bits per heavy atom. The maximum Gasteiger partial charge on any atom is 0.169 e. The van der Waals surface area contributed by atoms with E-state index in [0.717, 1.165) is 0 Å². The van der Waals surface area contributed by atoms with E-state index in [9.17, 15) is 4.79 Å². The molecule has 12 heavy (non-hydrogen) atoms. The van der Waals surface area contributed by atoms with Crippen LogP contribution < -0.4 is 0 Å². The van der Waals surface area contributed by atoms with Gasteiger partial charge in [-0.3, -0.25) is 9.78 Å². The highest BCUT2D eigenvalue weighted by atomic mass is 35.5. The van der Waals surface area contributed by atoms with Gasteiger partial charge in [0.1, 0.15) is 0 Å². The molecule has 0 bridgehead atoms. The number of carbonyl (C=O) groups excluding carboxylic acids is 1. The van der Waals surface area contributed by atoms with Crippen molar-refractivity contribution in [2.75, 3.05) is 0 Å². The maximum atomic E-state index is 11.3. The van der Waals surface area contributed by atoms with E-state index < -0.39 is 0 Å². The Bertz CT molecular complexity index is 295. The Labute approximate surface area is 75.9 Å². The minimum absolute atomic E-state index is 0.0527. The van der Waals surface area contributed by atoms with Crippen molar-refractivity contribution < 1.29 is 4.79 Å². The first-order chi connectivity index (χ1) is 5.70. The number of rotatable bonds is 3. The summed E-state index contributed by atoms with van der Waals surface area (Å²) in [5, 5.41) is 0.351. The molecule has 0 N–H and O–H groups in total. The molecule has 3 heteroatoms. The van der Waals surface area contributed by atoms with Gasteiger partial charge in [0.25, 0.3) is 0 Å². The third-order valence-corrected chi connectivity index (χ3v) is 1.47. The molecule has 0 fully saturated rings. The lowest BCUT2D eigenvalue weighted by atomic mass is 10.1. The predicted octanol–water partition coefficient (Wildman–Crippen LogP) is 2.41. The first kappa shape index (κ1) is 8.94. The molecule has 0 unspecified atom stereocenters. The van der Waals surface area contributed by atoms with Crippen LogP contribution in [-0.2, 0) is 0 Å². The fourth-order valence-electron chi connectivity index (χ4n) is 0.804. The molecule has 2 nitrogen and oxygen atoms in total. The highest BCUT2D eigenvalue weighted by Crippen LogP contribution is 2.09. The van der Waals surface area contributed by atoms with Gasteiger partial charge in [-0.25, -0.2) is 0 Å². The number of ketones is 1. The quantitative estimate of drug-likeness (QED) is 0.671. The third kappa shape index (κ3) is 2.47. The molecule has 0 radical (unpaired) electrons. The lowest BCUT2D eigenvalue weighted by molar-refractivity contribution is 0.0994. The van der Waals surface area contributed by atoms with Crippen LogP contribution >= 0.6 is 11.6 Å². The highest BCUT2D eigenvalue weighted by molar-refractivity contribution is 6.31. The van der Waals surface area contributed by atoms with Gasteiger partial charge in [0.05, 0.1) is 0 Å². The fourth-order valence-corrected chi connectivity index (χ4v) is 0.925. The van der Waals surface area contributed by atoms with Crippen LogP contribution in [-0.4, -0.2) is 10.8 Å². The van der Waals surface area contributed by atoms with Gasteiger partial charge in [-0.05, 0) is 12.1 Å². The van der Waals surface area contributed by atoms with Crippen LogP contribution in [0.5, 0.6) is 0 Å². The number of aromatic nitrogens is 1. The molecule has 0 amide bonds. The van der Waals surface area contributed by atoms with Crippen LogP contribution in [0.3, 0.4) is 0 Å². The number of halogens is 1. The minimum Gasteiger partial charge on any atom is -0.294 e. The molecule has 1 aromatic rings. The van der Waals surface area contributed by atoms with E-state index in [0.29, 0.717) is 10.6 Å². The number of pyridine rings is 1. The Morgan fingerprint density at radius 3 is 2.92 bits per heavy atom. The van der Waals surface area contributed by atoms with E-state index in [1.807, 2.05) is 0 Å². The normalized spacial score (nSPS) is 9.42. The average Bonchev–Trinajstić information content (AvgIpc) is 2.05. The second-order valence-electron chi connectivity index (χ2n) is 2.36. The second-order valence-corrected chi connectivity index (χ2v) is 2.89.